The van der Waals surface area contributed by atoms with E-state index in [1.807, 2.05) is 0 Å². The Kier molecular flexibility index (Phi) is 4.04. The van der Waals surface area contributed by atoms with Crippen LogP contribution in [0.1, 0.15) is 10.4 Å². The predicted octanol–water partition coefficient (Wildman–Crippen LogP) is 2.15. The molecule has 1 amide bonds. The molecule has 3 N–H and O–H groups in total. The number of amides is 1. The Hall–Kier alpha value is -2.04. The van der Waals surface area contributed by atoms with Gasteiger partial charge in [0.05, 0.1) is 12.8 Å². The second kappa shape index (κ2) is 5.73. The number of anilines is 1. The van der Waals surface area contributed by atoms with E-state index in [0.717, 1.165) is 5.75 Å². The maximum atomic E-state index is 12.2. The van der Waals surface area contributed by atoms with Crippen LogP contribution < -0.4 is 15.6 Å². The number of nitrogens with zero attached hydrogens (tertiary/aromatic N) is 1. The zero-order valence-electron chi connectivity index (χ0n) is 10.5. The highest BCUT2D eigenvalue weighted by atomic mass is 35.5. The van der Waals surface area contributed by atoms with Crippen molar-refractivity contribution in [3.8, 4) is 5.75 Å². The summed E-state index contributed by atoms with van der Waals surface area (Å²) in [7, 11) is 1.59. The highest BCUT2D eigenvalue weighted by molar-refractivity contribution is 6.30. The van der Waals surface area contributed by atoms with Gasteiger partial charge in [-0.1, -0.05) is 11.6 Å². The van der Waals surface area contributed by atoms with Crippen molar-refractivity contribution in [1.82, 2.24) is 0 Å². The number of methoxy groups -OCH3 is 1. The van der Waals surface area contributed by atoms with Crippen molar-refractivity contribution in [2.75, 3.05) is 12.1 Å². The summed E-state index contributed by atoms with van der Waals surface area (Å²) in [5.41, 5.74) is 1.23. The smallest absolute Gasteiger partial charge is 0.303 e. The molecule has 0 aliphatic rings. The first-order chi connectivity index (χ1) is 9.11. The van der Waals surface area contributed by atoms with Gasteiger partial charge < -0.3 is 4.74 Å². The Morgan fingerprint density at radius 2 is 1.68 bits per heavy atom. The van der Waals surface area contributed by atoms with E-state index < -0.39 is 0 Å². The van der Waals surface area contributed by atoms with E-state index in [-0.39, 0.29) is 5.91 Å². The van der Waals surface area contributed by atoms with Gasteiger partial charge in [-0.15, -0.1) is 0 Å². The summed E-state index contributed by atoms with van der Waals surface area (Å²) in [6.07, 6.45) is 0. The van der Waals surface area contributed by atoms with E-state index in [1.165, 1.54) is 5.01 Å². The summed E-state index contributed by atoms with van der Waals surface area (Å²) in [5.74, 6) is 4.31. The van der Waals surface area contributed by atoms with Gasteiger partial charge in [-0.2, -0.15) is 5.01 Å². The summed E-state index contributed by atoms with van der Waals surface area (Å²) < 4.78 is 5.07. The third kappa shape index (κ3) is 3.05. The fraction of sp³-hybridized carbons (Fsp3) is 0.0714. The third-order valence-electron chi connectivity index (χ3n) is 2.72. The molecule has 0 aliphatic heterocycles. The molecular weight excluding hydrogens is 264 g/mol. The van der Waals surface area contributed by atoms with Gasteiger partial charge in [0, 0.05) is 10.6 Å². The van der Waals surface area contributed by atoms with E-state index in [2.05, 4.69) is 5.84 Å². The first-order valence-electron chi connectivity index (χ1n) is 5.66. The van der Waals surface area contributed by atoms with Crippen LogP contribution in [-0.2, 0) is 0 Å². The molecule has 0 atom stereocenters. The number of benzene rings is 2. The summed E-state index contributed by atoms with van der Waals surface area (Å²) >= 11 is 5.79. The minimum absolute atomic E-state index is 0.193. The quantitative estimate of drug-likeness (QED) is 0.874. The van der Waals surface area contributed by atoms with Crippen LogP contribution in [0.3, 0.4) is 0 Å². The summed E-state index contributed by atoms with van der Waals surface area (Å²) in [6.45, 7) is 0. The molecule has 0 spiro atoms. The molecule has 0 saturated heterocycles. The van der Waals surface area contributed by atoms with Crippen LogP contribution in [0.5, 0.6) is 5.75 Å². The number of hydrogen-bond acceptors (Lipinski definition) is 2. The second-order valence-corrected chi connectivity index (χ2v) is 4.37. The predicted molar refractivity (Wildman–Crippen MR) is 74.1 cm³/mol. The molecule has 98 valence electrons. The van der Waals surface area contributed by atoms with Gasteiger partial charge >= 0.3 is 5.91 Å². The van der Waals surface area contributed by atoms with E-state index in [4.69, 9.17) is 16.3 Å². The van der Waals surface area contributed by atoms with Crippen LogP contribution in [0, 0.1) is 0 Å². The molecule has 0 saturated carbocycles. The monoisotopic (exact) mass is 277 g/mol. The molecule has 0 aliphatic carbocycles. The lowest BCUT2D eigenvalue weighted by Gasteiger charge is -2.13. The molecule has 4 nitrogen and oxygen atoms in total. The maximum Gasteiger partial charge on any atom is 0.303 e. The van der Waals surface area contributed by atoms with Crippen LogP contribution >= 0.6 is 11.6 Å². The van der Waals surface area contributed by atoms with Gasteiger partial charge in [-0.3, -0.25) is 4.79 Å². The van der Waals surface area contributed by atoms with E-state index in [1.54, 1.807) is 55.6 Å². The van der Waals surface area contributed by atoms with Crippen molar-refractivity contribution in [3.05, 3.63) is 59.1 Å². The molecule has 2 aromatic carbocycles. The number of ether oxygens (including phenoxy) is 1. The standard InChI is InChI=1S/C14H13ClN2O2/c1-19-13-8-6-12(7-9-13)17(16)14(18)10-2-4-11(15)5-3-10/h2-9H,16H2,1H3/p+1. The van der Waals surface area contributed by atoms with E-state index in [0.29, 0.717) is 16.3 Å². The van der Waals surface area contributed by atoms with Gasteiger partial charge in [0.15, 0.2) is 0 Å². The van der Waals surface area contributed by atoms with Crippen LogP contribution in [0.2, 0.25) is 5.02 Å². The number of carbonyl (C=O) groups is 1. The zero-order chi connectivity index (χ0) is 13.8. The Morgan fingerprint density at radius 1 is 1.11 bits per heavy atom. The number of quaternary nitrogens is 1. The normalized spacial score (nSPS) is 10.1. The highest BCUT2D eigenvalue weighted by Crippen LogP contribution is 2.18. The van der Waals surface area contributed by atoms with Crippen molar-refractivity contribution >= 4 is 23.2 Å². The summed E-state index contributed by atoms with van der Waals surface area (Å²) in [4.78, 5) is 12.2. The molecule has 2 aromatic rings. The molecular formula is C14H14ClN2O2+. The molecule has 0 fully saturated rings. The van der Waals surface area contributed by atoms with Crippen molar-refractivity contribution in [1.29, 1.82) is 0 Å². The fourth-order valence-corrected chi connectivity index (χ4v) is 1.75. The summed E-state index contributed by atoms with van der Waals surface area (Å²) in [5, 5.41) is 1.93. The van der Waals surface area contributed by atoms with Crippen molar-refractivity contribution in [2.45, 2.75) is 0 Å². The van der Waals surface area contributed by atoms with Crippen LogP contribution in [0.4, 0.5) is 5.69 Å². The van der Waals surface area contributed by atoms with E-state index in [9.17, 15) is 4.79 Å². The average Bonchev–Trinajstić information content (AvgIpc) is 2.46. The van der Waals surface area contributed by atoms with Crippen LogP contribution in [0.15, 0.2) is 48.5 Å². The third-order valence-corrected chi connectivity index (χ3v) is 2.97. The first kappa shape index (κ1) is 13.4. The minimum Gasteiger partial charge on any atom is -0.497 e. The summed E-state index contributed by atoms with van der Waals surface area (Å²) in [6, 6.07) is 13.8. The topological polar surface area (TPSA) is 57.2 Å². The fourth-order valence-electron chi connectivity index (χ4n) is 1.63. The Morgan fingerprint density at radius 3 is 2.21 bits per heavy atom. The Labute approximate surface area is 116 Å². The second-order valence-electron chi connectivity index (χ2n) is 3.94. The number of halogens is 1. The van der Waals surface area contributed by atoms with E-state index >= 15 is 0 Å². The van der Waals surface area contributed by atoms with Gasteiger partial charge in [-0.25, -0.2) is 5.84 Å². The SMILES string of the molecule is COc1ccc(N([NH3+])C(=O)c2ccc(Cl)cc2)cc1. The lowest BCUT2D eigenvalue weighted by Crippen LogP contribution is -2.70. The van der Waals surface area contributed by atoms with Gasteiger partial charge in [0.25, 0.3) is 0 Å². The minimum atomic E-state index is -0.193. The van der Waals surface area contributed by atoms with Gasteiger partial charge in [-0.05, 0) is 48.5 Å². The van der Waals surface area contributed by atoms with Crippen molar-refractivity contribution < 1.29 is 15.4 Å². The van der Waals surface area contributed by atoms with Gasteiger partial charge in [0.2, 0.25) is 0 Å². The first-order valence-corrected chi connectivity index (χ1v) is 6.04. The Bertz CT molecular complexity index is 567. The highest BCUT2D eigenvalue weighted by Gasteiger charge is 2.17. The maximum absolute atomic E-state index is 12.2. The molecule has 5 heteroatoms. The lowest BCUT2D eigenvalue weighted by molar-refractivity contribution is -0.369. The molecule has 2 rings (SSSR count). The van der Waals surface area contributed by atoms with Crippen molar-refractivity contribution in [3.63, 3.8) is 0 Å². The zero-order valence-corrected chi connectivity index (χ0v) is 11.2. The molecule has 0 unspecified atom stereocenters. The number of hydrogen-bond donors (Lipinski definition) is 1. The largest absolute Gasteiger partial charge is 0.497 e. The lowest BCUT2D eigenvalue weighted by atomic mass is 10.2. The van der Waals surface area contributed by atoms with Gasteiger partial charge in [0.1, 0.15) is 5.75 Å². The number of rotatable bonds is 3. The van der Waals surface area contributed by atoms with Crippen LogP contribution in [0.25, 0.3) is 0 Å². The molecule has 0 heterocycles. The number of carbonyl (C=O) groups excluding carboxylic acids is 1. The van der Waals surface area contributed by atoms with Crippen LogP contribution in [-0.4, -0.2) is 13.0 Å². The molecule has 0 bridgehead atoms. The molecule has 19 heavy (non-hydrogen) atoms. The average molecular weight is 278 g/mol. The molecule has 0 radical (unpaired) electrons. The Balaban J connectivity index is 2.20. The molecule has 0 aromatic heterocycles. The van der Waals surface area contributed by atoms with Crippen molar-refractivity contribution in [2.24, 2.45) is 0 Å².